The summed E-state index contributed by atoms with van der Waals surface area (Å²) in [4.78, 5) is 2.63. The summed E-state index contributed by atoms with van der Waals surface area (Å²) in [7, 11) is 0. The Balaban J connectivity index is 1.77. The van der Waals surface area contributed by atoms with Crippen molar-refractivity contribution < 1.29 is 0 Å². The van der Waals surface area contributed by atoms with Crippen LogP contribution >= 0.6 is 0 Å². The van der Waals surface area contributed by atoms with Crippen molar-refractivity contribution in [1.29, 1.82) is 0 Å². The molecular weight excluding hydrogens is 232 g/mol. The number of nitrogens with zero attached hydrogens (tertiary/aromatic N) is 1. The summed E-state index contributed by atoms with van der Waals surface area (Å²) in [5, 5.41) is 3.70. The van der Waals surface area contributed by atoms with Gasteiger partial charge in [-0.3, -0.25) is 0 Å². The minimum Gasteiger partial charge on any atom is -0.310 e. The molecular formula is C17H28N2. The molecule has 0 aliphatic carbocycles. The molecule has 0 saturated carbocycles. The molecule has 0 aromatic heterocycles. The first-order chi connectivity index (χ1) is 9.29. The minimum atomic E-state index is 0.611. The first-order valence-electron chi connectivity index (χ1n) is 7.79. The fourth-order valence-corrected chi connectivity index (χ4v) is 3.06. The van der Waals surface area contributed by atoms with Gasteiger partial charge < -0.3 is 10.2 Å². The molecule has 0 bridgehead atoms. The van der Waals surface area contributed by atoms with Crippen LogP contribution in [0, 0.1) is 5.92 Å². The lowest BCUT2D eigenvalue weighted by molar-refractivity contribution is 0.150. The van der Waals surface area contributed by atoms with E-state index in [1.165, 1.54) is 44.5 Å². The van der Waals surface area contributed by atoms with Crippen molar-refractivity contribution >= 4 is 0 Å². The normalized spacial score (nSPS) is 22.3. The highest BCUT2D eigenvalue weighted by molar-refractivity contribution is 5.14. The van der Waals surface area contributed by atoms with E-state index in [2.05, 4.69) is 54.4 Å². The molecule has 1 aliphatic rings. The van der Waals surface area contributed by atoms with E-state index in [0.29, 0.717) is 6.04 Å². The van der Waals surface area contributed by atoms with Gasteiger partial charge in [0.05, 0.1) is 0 Å². The van der Waals surface area contributed by atoms with Crippen molar-refractivity contribution in [2.45, 2.75) is 45.7 Å². The van der Waals surface area contributed by atoms with Crippen LogP contribution in [-0.2, 0) is 6.54 Å². The van der Waals surface area contributed by atoms with Crippen molar-refractivity contribution in [3.05, 3.63) is 35.9 Å². The third-order valence-electron chi connectivity index (χ3n) is 4.26. The smallest absolute Gasteiger partial charge is 0.0208 e. The summed E-state index contributed by atoms with van der Waals surface area (Å²) in [6.45, 7) is 9.46. The Morgan fingerprint density at radius 3 is 2.84 bits per heavy atom. The maximum Gasteiger partial charge on any atom is 0.0208 e. The number of benzene rings is 1. The van der Waals surface area contributed by atoms with E-state index in [-0.39, 0.29) is 0 Å². The second-order valence-corrected chi connectivity index (χ2v) is 5.86. The minimum absolute atomic E-state index is 0.611. The lowest BCUT2D eigenvalue weighted by Crippen LogP contribution is -2.44. The van der Waals surface area contributed by atoms with Crippen LogP contribution < -0.4 is 5.32 Å². The molecule has 19 heavy (non-hydrogen) atoms. The first-order valence-corrected chi connectivity index (χ1v) is 7.79. The van der Waals surface area contributed by atoms with Crippen LogP contribution in [0.3, 0.4) is 0 Å². The summed E-state index contributed by atoms with van der Waals surface area (Å²) >= 11 is 0. The van der Waals surface area contributed by atoms with E-state index in [0.717, 1.165) is 12.5 Å². The summed E-state index contributed by atoms with van der Waals surface area (Å²) in [5.41, 5.74) is 1.38. The Morgan fingerprint density at radius 1 is 1.32 bits per heavy atom. The van der Waals surface area contributed by atoms with Gasteiger partial charge in [-0.2, -0.15) is 0 Å². The van der Waals surface area contributed by atoms with Crippen LogP contribution in [0.2, 0.25) is 0 Å². The largest absolute Gasteiger partial charge is 0.310 e. The van der Waals surface area contributed by atoms with E-state index < -0.39 is 0 Å². The lowest BCUT2D eigenvalue weighted by atomic mass is 9.91. The number of nitrogens with one attached hydrogen (secondary N) is 1. The van der Waals surface area contributed by atoms with E-state index >= 15 is 0 Å². The number of hydrogen-bond donors (Lipinski definition) is 1. The maximum atomic E-state index is 3.70. The van der Waals surface area contributed by atoms with Gasteiger partial charge in [0.25, 0.3) is 0 Å². The van der Waals surface area contributed by atoms with Gasteiger partial charge in [-0.1, -0.05) is 37.3 Å². The van der Waals surface area contributed by atoms with Gasteiger partial charge in [0.15, 0.2) is 0 Å². The molecule has 1 fully saturated rings. The van der Waals surface area contributed by atoms with Crippen LogP contribution in [0.1, 0.15) is 38.7 Å². The van der Waals surface area contributed by atoms with Crippen molar-refractivity contribution in [3.8, 4) is 0 Å². The summed E-state index contributed by atoms with van der Waals surface area (Å²) < 4.78 is 0. The molecule has 1 N–H and O–H groups in total. The number of likely N-dealkylation sites (tertiary alicyclic amines) is 1. The molecule has 1 aromatic carbocycles. The Kier molecular flexibility index (Phi) is 5.87. The lowest BCUT2D eigenvalue weighted by Gasteiger charge is -2.36. The van der Waals surface area contributed by atoms with Gasteiger partial charge in [-0.05, 0) is 50.8 Å². The van der Waals surface area contributed by atoms with Crippen LogP contribution in [0.25, 0.3) is 0 Å². The molecule has 0 spiro atoms. The van der Waals surface area contributed by atoms with Crippen molar-refractivity contribution in [2.24, 2.45) is 5.92 Å². The number of rotatable bonds is 6. The number of hydrogen-bond acceptors (Lipinski definition) is 2. The summed E-state index contributed by atoms with van der Waals surface area (Å²) in [6, 6.07) is 11.3. The molecule has 2 atom stereocenters. The molecule has 1 saturated heterocycles. The summed E-state index contributed by atoms with van der Waals surface area (Å²) in [5.74, 6) is 0.809. The van der Waals surface area contributed by atoms with Crippen molar-refractivity contribution in [1.82, 2.24) is 10.2 Å². The highest BCUT2D eigenvalue weighted by atomic mass is 15.1. The zero-order valence-electron chi connectivity index (χ0n) is 12.4. The molecule has 0 radical (unpaired) electrons. The molecule has 1 aromatic rings. The third-order valence-corrected chi connectivity index (χ3v) is 4.26. The van der Waals surface area contributed by atoms with Crippen molar-refractivity contribution in [2.75, 3.05) is 19.6 Å². The Labute approximate surface area is 118 Å². The third kappa shape index (κ3) is 4.63. The van der Waals surface area contributed by atoms with Crippen LogP contribution in [-0.4, -0.2) is 30.6 Å². The summed E-state index contributed by atoms with van der Waals surface area (Å²) in [6.07, 6.45) is 4.02. The van der Waals surface area contributed by atoms with Crippen LogP contribution in [0.15, 0.2) is 30.3 Å². The van der Waals surface area contributed by atoms with Gasteiger partial charge in [-0.15, -0.1) is 0 Å². The zero-order valence-corrected chi connectivity index (χ0v) is 12.4. The average molecular weight is 260 g/mol. The van der Waals surface area contributed by atoms with E-state index in [4.69, 9.17) is 0 Å². The predicted molar refractivity (Wildman–Crippen MR) is 82.2 cm³/mol. The van der Waals surface area contributed by atoms with E-state index in [1.807, 2.05) is 0 Å². The van der Waals surface area contributed by atoms with Gasteiger partial charge in [0, 0.05) is 19.1 Å². The maximum absolute atomic E-state index is 3.70. The fourth-order valence-electron chi connectivity index (χ4n) is 3.06. The zero-order chi connectivity index (χ0) is 13.5. The van der Waals surface area contributed by atoms with Crippen LogP contribution in [0.4, 0.5) is 0 Å². The molecule has 1 aliphatic heterocycles. The predicted octanol–water partition coefficient (Wildman–Crippen LogP) is 3.29. The molecule has 2 rings (SSSR count). The highest BCUT2D eigenvalue weighted by Crippen LogP contribution is 2.20. The van der Waals surface area contributed by atoms with Crippen molar-refractivity contribution in [3.63, 3.8) is 0 Å². The molecule has 2 unspecified atom stereocenters. The quantitative estimate of drug-likeness (QED) is 0.844. The molecule has 106 valence electrons. The van der Waals surface area contributed by atoms with Gasteiger partial charge in [0.1, 0.15) is 0 Å². The second-order valence-electron chi connectivity index (χ2n) is 5.86. The average Bonchev–Trinajstić information content (AvgIpc) is 2.46. The highest BCUT2D eigenvalue weighted by Gasteiger charge is 2.23. The Bertz CT molecular complexity index is 348. The van der Waals surface area contributed by atoms with E-state index in [9.17, 15) is 0 Å². The van der Waals surface area contributed by atoms with E-state index in [1.54, 1.807) is 0 Å². The first kappa shape index (κ1) is 14.5. The Hall–Kier alpha value is -0.860. The SMILES string of the molecule is CCCN1CCCC(C(C)NCc2ccccc2)C1. The monoisotopic (exact) mass is 260 g/mol. The molecule has 2 heteroatoms. The number of piperidine rings is 1. The second kappa shape index (κ2) is 7.66. The topological polar surface area (TPSA) is 15.3 Å². The standard InChI is InChI=1S/C17H28N2/c1-3-11-19-12-7-10-17(14-19)15(2)18-13-16-8-5-4-6-9-16/h4-6,8-9,15,17-18H,3,7,10-14H2,1-2H3. The Morgan fingerprint density at radius 2 is 2.11 bits per heavy atom. The van der Waals surface area contributed by atoms with Gasteiger partial charge >= 0.3 is 0 Å². The molecule has 0 amide bonds. The molecule has 2 nitrogen and oxygen atoms in total. The van der Waals surface area contributed by atoms with Crippen LogP contribution in [0.5, 0.6) is 0 Å². The van der Waals surface area contributed by atoms with Gasteiger partial charge in [-0.25, -0.2) is 0 Å². The molecule has 1 heterocycles. The fraction of sp³-hybridized carbons (Fsp3) is 0.647. The van der Waals surface area contributed by atoms with Gasteiger partial charge in [0.2, 0.25) is 0 Å².